The third-order valence-corrected chi connectivity index (χ3v) is 5.12. The highest BCUT2D eigenvalue weighted by molar-refractivity contribution is 7.19. The van der Waals surface area contributed by atoms with E-state index in [-0.39, 0.29) is 0 Å². The fourth-order valence-electron chi connectivity index (χ4n) is 2.90. The van der Waals surface area contributed by atoms with E-state index in [1.54, 1.807) is 11.3 Å². The van der Waals surface area contributed by atoms with Gasteiger partial charge in [0, 0.05) is 18.0 Å². The molecule has 0 aliphatic heterocycles. The number of thiophene rings is 1. The lowest BCUT2D eigenvalue weighted by Crippen LogP contribution is -2.24. The molecule has 0 spiro atoms. The van der Waals surface area contributed by atoms with Gasteiger partial charge in [-0.25, -0.2) is 4.98 Å². The van der Waals surface area contributed by atoms with Crippen LogP contribution in [-0.2, 0) is 12.8 Å². The van der Waals surface area contributed by atoms with Crippen molar-refractivity contribution in [2.24, 2.45) is 0 Å². The van der Waals surface area contributed by atoms with Gasteiger partial charge < -0.3 is 4.90 Å². The Morgan fingerprint density at radius 2 is 1.86 bits per heavy atom. The summed E-state index contributed by atoms with van der Waals surface area (Å²) in [7, 11) is 0. The average molecular weight is 320 g/mol. The highest BCUT2D eigenvalue weighted by atomic mass is 35.5. The Balaban J connectivity index is 2.21. The maximum atomic E-state index is 6.14. The van der Waals surface area contributed by atoms with Crippen molar-refractivity contribution in [1.82, 2.24) is 9.97 Å². The Kier molecular flexibility index (Phi) is 4.27. The summed E-state index contributed by atoms with van der Waals surface area (Å²) in [5.74, 6) is 0.921. The van der Waals surface area contributed by atoms with E-state index in [0.717, 1.165) is 36.6 Å². The van der Waals surface area contributed by atoms with Gasteiger partial charge in [0.05, 0.1) is 5.39 Å². The van der Waals surface area contributed by atoms with Crippen molar-refractivity contribution in [3.63, 3.8) is 0 Å². The molecule has 5 heteroatoms. The fraction of sp³-hybridized carbons (Fsp3) is 0.375. The van der Waals surface area contributed by atoms with Crippen molar-refractivity contribution in [2.45, 2.75) is 25.7 Å². The minimum atomic E-state index is 0.314. The van der Waals surface area contributed by atoms with Gasteiger partial charge in [-0.05, 0) is 42.8 Å². The molecule has 0 saturated carbocycles. The van der Waals surface area contributed by atoms with E-state index >= 15 is 0 Å². The van der Waals surface area contributed by atoms with Crippen LogP contribution in [0.1, 0.15) is 23.3 Å². The summed E-state index contributed by atoms with van der Waals surface area (Å²) < 4.78 is 0. The highest BCUT2D eigenvalue weighted by Gasteiger charge is 2.22. The fourth-order valence-corrected chi connectivity index (χ4v) is 4.37. The predicted octanol–water partition coefficient (Wildman–Crippen LogP) is 4.40. The molecule has 21 heavy (non-hydrogen) atoms. The van der Waals surface area contributed by atoms with Crippen molar-refractivity contribution >= 4 is 39.0 Å². The normalized spacial score (nSPS) is 14.0. The van der Waals surface area contributed by atoms with Crippen molar-refractivity contribution in [2.75, 3.05) is 18.0 Å². The predicted molar refractivity (Wildman–Crippen MR) is 91.7 cm³/mol. The van der Waals surface area contributed by atoms with Crippen molar-refractivity contribution in [3.05, 3.63) is 41.0 Å². The first-order chi connectivity index (χ1) is 10.2. The Hall–Kier alpha value is -1.39. The van der Waals surface area contributed by atoms with Gasteiger partial charge in [0.1, 0.15) is 10.6 Å². The van der Waals surface area contributed by atoms with Crippen LogP contribution in [-0.4, -0.2) is 23.1 Å². The minimum absolute atomic E-state index is 0.314. The van der Waals surface area contributed by atoms with Gasteiger partial charge in [-0.15, -0.1) is 24.5 Å². The molecule has 1 aliphatic rings. The number of aryl methyl sites for hydroxylation is 2. The molecule has 2 aromatic heterocycles. The Morgan fingerprint density at radius 1 is 1.14 bits per heavy atom. The second-order valence-electron chi connectivity index (χ2n) is 5.19. The first kappa shape index (κ1) is 14.5. The molecule has 0 amide bonds. The molecule has 2 heterocycles. The first-order valence-corrected chi connectivity index (χ1v) is 8.38. The number of nitrogens with zero attached hydrogens (tertiary/aromatic N) is 3. The van der Waals surface area contributed by atoms with E-state index in [1.807, 2.05) is 12.2 Å². The van der Waals surface area contributed by atoms with E-state index in [2.05, 4.69) is 28.0 Å². The van der Waals surface area contributed by atoms with Gasteiger partial charge in [-0.1, -0.05) is 12.2 Å². The zero-order chi connectivity index (χ0) is 14.8. The van der Waals surface area contributed by atoms with Gasteiger partial charge in [-0.3, -0.25) is 0 Å². The van der Waals surface area contributed by atoms with Crippen molar-refractivity contribution in [1.29, 1.82) is 0 Å². The summed E-state index contributed by atoms with van der Waals surface area (Å²) in [4.78, 5) is 13.6. The van der Waals surface area contributed by atoms with E-state index in [9.17, 15) is 0 Å². The average Bonchev–Trinajstić information content (AvgIpc) is 2.84. The van der Waals surface area contributed by atoms with E-state index in [0.29, 0.717) is 5.28 Å². The number of halogens is 1. The maximum Gasteiger partial charge on any atom is 0.225 e. The number of aromatic nitrogens is 2. The zero-order valence-corrected chi connectivity index (χ0v) is 13.5. The summed E-state index contributed by atoms with van der Waals surface area (Å²) in [6, 6.07) is 0. The molecule has 0 aromatic carbocycles. The molecule has 2 aromatic rings. The van der Waals surface area contributed by atoms with Crippen LogP contribution >= 0.6 is 22.9 Å². The SMILES string of the molecule is C=CCN(CC=C)c1nc(Cl)nc2sc3c(c12)CCCC3. The van der Waals surface area contributed by atoms with Crippen LogP contribution in [0, 0.1) is 0 Å². The molecule has 1 aliphatic carbocycles. The smallest absolute Gasteiger partial charge is 0.225 e. The van der Waals surface area contributed by atoms with Crippen molar-refractivity contribution < 1.29 is 0 Å². The maximum absolute atomic E-state index is 6.14. The molecule has 0 fully saturated rings. The van der Waals surface area contributed by atoms with Crippen LogP contribution in [0.25, 0.3) is 10.2 Å². The lowest BCUT2D eigenvalue weighted by Gasteiger charge is -2.22. The summed E-state index contributed by atoms with van der Waals surface area (Å²) in [6.45, 7) is 9.11. The molecule has 0 atom stereocenters. The third-order valence-electron chi connectivity index (χ3n) is 3.77. The summed E-state index contributed by atoms with van der Waals surface area (Å²) >= 11 is 7.91. The molecule has 3 rings (SSSR count). The van der Waals surface area contributed by atoms with Gasteiger partial charge in [-0.2, -0.15) is 4.98 Å². The minimum Gasteiger partial charge on any atom is -0.348 e. The molecule has 0 unspecified atom stereocenters. The topological polar surface area (TPSA) is 29.0 Å². The van der Waals surface area contributed by atoms with Crippen LogP contribution in [0.4, 0.5) is 5.82 Å². The molecule has 0 bridgehead atoms. The standard InChI is InChI=1S/C16H18ClN3S/c1-3-9-20(10-4-2)14-13-11-7-5-6-8-12(11)21-15(13)19-16(17)18-14/h3-4H,1-2,5-10H2. The second-order valence-corrected chi connectivity index (χ2v) is 6.61. The van der Waals surface area contributed by atoms with Gasteiger partial charge in [0.2, 0.25) is 5.28 Å². The number of fused-ring (bicyclic) bond motifs is 3. The van der Waals surface area contributed by atoms with Crippen LogP contribution in [0.3, 0.4) is 0 Å². The molecule has 0 N–H and O–H groups in total. The zero-order valence-electron chi connectivity index (χ0n) is 11.9. The molecule has 0 saturated heterocycles. The second kappa shape index (κ2) is 6.16. The van der Waals surface area contributed by atoms with Crippen molar-refractivity contribution in [3.8, 4) is 0 Å². The van der Waals surface area contributed by atoms with Crippen LogP contribution < -0.4 is 4.90 Å². The molecule has 3 nitrogen and oxygen atoms in total. The third kappa shape index (κ3) is 2.70. The summed E-state index contributed by atoms with van der Waals surface area (Å²) in [5, 5.41) is 1.50. The number of hydrogen-bond acceptors (Lipinski definition) is 4. The Bertz CT molecular complexity index is 682. The lowest BCUT2D eigenvalue weighted by atomic mass is 9.97. The van der Waals surface area contributed by atoms with Crippen LogP contribution in [0.5, 0.6) is 0 Å². The number of rotatable bonds is 5. The summed E-state index contributed by atoms with van der Waals surface area (Å²) in [6.07, 6.45) is 8.52. The first-order valence-electron chi connectivity index (χ1n) is 7.19. The highest BCUT2D eigenvalue weighted by Crippen LogP contribution is 2.40. The molecule has 0 radical (unpaired) electrons. The Labute approximate surface area is 134 Å². The summed E-state index contributed by atoms with van der Waals surface area (Å²) in [5.41, 5.74) is 1.42. The van der Waals surface area contributed by atoms with Gasteiger partial charge >= 0.3 is 0 Å². The largest absolute Gasteiger partial charge is 0.348 e. The van der Waals surface area contributed by atoms with Crippen LogP contribution in [0.2, 0.25) is 5.28 Å². The van der Waals surface area contributed by atoms with Crippen LogP contribution in [0.15, 0.2) is 25.3 Å². The van der Waals surface area contributed by atoms with E-state index < -0.39 is 0 Å². The quantitative estimate of drug-likeness (QED) is 0.604. The van der Waals surface area contributed by atoms with E-state index in [1.165, 1.54) is 28.7 Å². The monoisotopic (exact) mass is 319 g/mol. The molecular formula is C16H18ClN3S. The molecule has 110 valence electrons. The van der Waals surface area contributed by atoms with Gasteiger partial charge in [0.25, 0.3) is 0 Å². The number of anilines is 1. The van der Waals surface area contributed by atoms with E-state index in [4.69, 9.17) is 11.6 Å². The number of hydrogen-bond donors (Lipinski definition) is 0. The van der Waals surface area contributed by atoms with Gasteiger partial charge in [0.15, 0.2) is 0 Å². The Morgan fingerprint density at radius 3 is 2.57 bits per heavy atom. The lowest BCUT2D eigenvalue weighted by molar-refractivity contribution is 0.700. The molecular weight excluding hydrogens is 302 g/mol.